The molecule has 3 amide bonds. The van der Waals surface area contributed by atoms with Gasteiger partial charge in [0.2, 0.25) is 0 Å². The Morgan fingerprint density at radius 1 is 0.964 bits per heavy atom. The Hall–Kier alpha value is -3.72. The fourth-order valence-electron chi connectivity index (χ4n) is 2.33. The Morgan fingerprint density at radius 3 is 2.21 bits per heavy atom. The molecule has 0 radical (unpaired) electrons. The molecule has 0 aliphatic heterocycles. The lowest BCUT2D eigenvalue weighted by Crippen LogP contribution is -2.23. The summed E-state index contributed by atoms with van der Waals surface area (Å²) in [5.41, 5.74) is 1.27. The van der Waals surface area contributed by atoms with Crippen LogP contribution in [0.4, 0.5) is 11.4 Å². The Labute approximate surface area is 164 Å². The first-order valence-corrected chi connectivity index (χ1v) is 8.45. The molecule has 2 aromatic heterocycles. The number of aromatic amines is 1. The van der Waals surface area contributed by atoms with Crippen molar-refractivity contribution in [2.45, 2.75) is 0 Å². The van der Waals surface area contributed by atoms with E-state index >= 15 is 0 Å². The maximum Gasteiger partial charge on any atom is 0.276 e. The minimum absolute atomic E-state index is 0.0250. The van der Waals surface area contributed by atoms with E-state index in [0.717, 1.165) is 0 Å². The van der Waals surface area contributed by atoms with Crippen molar-refractivity contribution in [1.29, 1.82) is 0 Å². The number of hydrogen-bond donors (Lipinski definition) is 4. The largest absolute Gasteiger partial charge is 0.354 e. The molecule has 142 valence electrons. The van der Waals surface area contributed by atoms with Gasteiger partial charge in [-0.2, -0.15) is 0 Å². The van der Waals surface area contributed by atoms with Crippen molar-refractivity contribution >= 4 is 40.7 Å². The molecular formula is C18H15ClN6O3. The molecule has 28 heavy (non-hydrogen) atoms. The van der Waals surface area contributed by atoms with E-state index in [1.165, 1.54) is 31.8 Å². The molecule has 0 unspecified atom stereocenters. The number of nitrogens with zero attached hydrogens (tertiary/aromatic N) is 2. The molecule has 3 rings (SSSR count). The third kappa shape index (κ3) is 4.15. The van der Waals surface area contributed by atoms with E-state index in [1.54, 1.807) is 24.3 Å². The summed E-state index contributed by atoms with van der Waals surface area (Å²) in [4.78, 5) is 46.7. The SMILES string of the molecule is CNC(=O)c1[nH]cnc1C(=O)Nc1ccc(NC(=O)c2cnccc2Cl)cc1. The van der Waals surface area contributed by atoms with Gasteiger partial charge in [0.15, 0.2) is 5.69 Å². The normalized spacial score (nSPS) is 10.2. The highest BCUT2D eigenvalue weighted by Crippen LogP contribution is 2.18. The van der Waals surface area contributed by atoms with E-state index in [2.05, 4.69) is 30.9 Å². The number of rotatable bonds is 5. The second-order valence-corrected chi connectivity index (χ2v) is 5.95. The second-order valence-electron chi connectivity index (χ2n) is 5.55. The van der Waals surface area contributed by atoms with Crippen LogP contribution in [0.15, 0.2) is 49.1 Å². The number of amides is 3. The molecule has 0 saturated carbocycles. The number of imidazole rings is 1. The van der Waals surface area contributed by atoms with Gasteiger partial charge in [0.1, 0.15) is 5.69 Å². The van der Waals surface area contributed by atoms with Crippen LogP contribution in [-0.4, -0.2) is 39.7 Å². The number of carbonyl (C=O) groups excluding carboxylic acids is 3. The van der Waals surface area contributed by atoms with Crippen LogP contribution in [0.3, 0.4) is 0 Å². The first-order chi connectivity index (χ1) is 13.5. The van der Waals surface area contributed by atoms with Gasteiger partial charge >= 0.3 is 0 Å². The molecular weight excluding hydrogens is 384 g/mol. The van der Waals surface area contributed by atoms with Gasteiger partial charge in [-0.3, -0.25) is 19.4 Å². The van der Waals surface area contributed by atoms with Crippen molar-refractivity contribution < 1.29 is 14.4 Å². The van der Waals surface area contributed by atoms with E-state index in [-0.39, 0.29) is 17.0 Å². The van der Waals surface area contributed by atoms with Crippen molar-refractivity contribution in [3.8, 4) is 0 Å². The number of hydrogen-bond acceptors (Lipinski definition) is 5. The smallest absolute Gasteiger partial charge is 0.276 e. The molecule has 1 aromatic carbocycles. The molecule has 0 aliphatic carbocycles. The standard InChI is InChI=1S/C18H15ClN6O3/c1-20-17(27)14-15(23-9-22-14)18(28)25-11-4-2-10(3-5-11)24-16(26)12-8-21-7-6-13(12)19/h2-9H,1H3,(H,20,27)(H,22,23)(H,24,26)(H,25,28). The second kappa shape index (κ2) is 8.31. The number of benzene rings is 1. The van der Waals surface area contributed by atoms with Crippen molar-refractivity contribution in [2.75, 3.05) is 17.7 Å². The van der Waals surface area contributed by atoms with Crippen LogP contribution in [0.1, 0.15) is 31.3 Å². The molecule has 3 aromatic rings. The summed E-state index contributed by atoms with van der Waals surface area (Å²) < 4.78 is 0. The van der Waals surface area contributed by atoms with Gasteiger partial charge in [0.25, 0.3) is 17.7 Å². The molecule has 9 nitrogen and oxygen atoms in total. The van der Waals surface area contributed by atoms with E-state index in [9.17, 15) is 14.4 Å². The minimum Gasteiger partial charge on any atom is -0.354 e. The summed E-state index contributed by atoms with van der Waals surface area (Å²) in [6.07, 6.45) is 4.13. The minimum atomic E-state index is -0.543. The molecule has 0 spiro atoms. The van der Waals surface area contributed by atoms with Gasteiger partial charge in [0, 0.05) is 30.8 Å². The van der Waals surface area contributed by atoms with Gasteiger partial charge in [-0.05, 0) is 30.3 Å². The van der Waals surface area contributed by atoms with Crippen LogP contribution in [-0.2, 0) is 0 Å². The maximum absolute atomic E-state index is 12.3. The predicted molar refractivity (Wildman–Crippen MR) is 104 cm³/mol. The highest BCUT2D eigenvalue weighted by atomic mass is 35.5. The van der Waals surface area contributed by atoms with Crippen LogP contribution in [0.2, 0.25) is 5.02 Å². The molecule has 10 heteroatoms. The number of carbonyl (C=O) groups is 3. The third-order valence-electron chi connectivity index (χ3n) is 3.72. The van der Waals surface area contributed by atoms with E-state index in [0.29, 0.717) is 16.4 Å². The summed E-state index contributed by atoms with van der Waals surface area (Å²) in [6, 6.07) is 7.95. The first-order valence-electron chi connectivity index (χ1n) is 8.07. The third-order valence-corrected chi connectivity index (χ3v) is 4.05. The summed E-state index contributed by atoms with van der Waals surface area (Å²) in [5.74, 6) is -1.39. The first kappa shape index (κ1) is 19.1. The summed E-state index contributed by atoms with van der Waals surface area (Å²) in [6.45, 7) is 0. The predicted octanol–water partition coefficient (Wildman–Crippen LogP) is 2.32. The number of nitrogens with one attached hydrogen (secondary N) is 4. The molecule has 4 N–H and O–H groups in total. The molecule has 0 fully saturated rings. The maximum atomic E-state index is 12.3. The van der Waals surface area contributed by atoms with Crippen LogP contribution in [0, 0.1) is 0 Å². The zero-order valence-electron chi connectivity index (χ0n) is 14.6. The van der Waals surface area contributed by atoms with Crippen molar-refractivity contribution in [2.24, 2.45) is 0 Å². The van der Waals surface area contributed by atoms with Gasteiger partial charge in [-0.25, -0.2) is 4.98 Å². The lowest BCUT2D eigenvalue weighted by atomic mass is 10.2. The van der Waals surface area contributed by atoms with Crippen molar-refractivity contribution in [3.05, 3.63) is 71.0 Å². The molecule has 0 aliphatic rings. The summed E-state index contributed by atoms with van der Waals surface area (Å²) in [7, 11) is 1.45. The number of pyridine rings is 1. The molecule has 2 heterocycles. The fraction of sp³-hybridized carbons (Fsp3) is 0.0556. The average molecular weight is 399 g/mol. The van der Waals surface area contributed by atoms with Gasteiger partial charge in [-0.1, -0.05) is 11.6 Å². The Bertz CT molecular complexity index is 1030. The number of halogens is 1. The van der Waals surface area contributed by atoms with Crippen LogP contribution in [0.5, 0.6) is 0 Å². The van der Waals surface area contributed by atoms with Crippen molar-refractivity contribution in [3.63, 3.8) is 0 Å². The fourth-order valence-corrected chi connectivity index (χ4v) is 2.53. The van der Waals surface area contributed by atoms with Gasteiger partial charge in [0.05, 0.1) is 16.9 Å². The Balaban J connectivity index is 1.67. The highest BCUT2D eigenvalue weighted by Gasteiger charge is 2.19. The Kier molecular flexibility index (Phi) is 5.66. The van der Waals surface area contributed by atoms with E-state index in [4.69, 9.17) is 11.6 Å². The van der Waals surface area contributed by atoms with Gasteiger partial charge in [-0.15, -0.1) is 0 Å². The topological polar surface area (TPSA) is 129 Å². The number of H-pyrrole nitrogens is 1. The molecule has 0 saturated heterocycles. The highest BCUT2D eigenvalue weighted by molar-refractivity contribution is 6.34. The average Bonchev–Trinajstić information content (AvgIpc) is 3.19. The summed E-state index contributed by atoms with van der Waals surface area (Å²) in [5, 5.41) is 8.05. The molecule has 0 bridgehead atoms. The number of aromatic nitrogens is 3. The lowest BCUT2D eigenvalue weighted by molar-refractivity contribution is 0.0943. The quantitative estimate of drug-likeness (QED) is 0.524. The number of anilines is 2. The summed E-state index contributed by atoms with van der Waals surface area (Å²) >= 11 is 5.98. The monoisotopic (exact) mass is 398 g/mol. The van der Waals surface area contributed by atoms with Crippen LogP contribution >= 0.6 is 11.6 Å². The van der Waals surface area contributed by atoms with Crippen LogP contribution in [0.25, 0.3) is 0 Å². The van der Waals surface area contributed by atoms with Gasteiger partial charge < -0.3 is 20.9 Å². The van der Waals surface area contributed by atoms with Crippen molar-refractivity contribution in [1.82, 2.24) is 20.3 Å². The zero-order valence-corrected chi connectivity index (χ0v) is 15.4. The van der Waals surface area contributed by atoms with Crippen LogP contribution < -0.4 is 16.0 Å². The lowest BCUT2D eigenvalue weighted by Gasteiger charge is -2.08. The van der Waals surface area contributed by atoms with E-state index < -0.39 is 17.7 Å². The zero-order chi connectivity index (χ0) is 20.1. The van der Waals surface area contributed by atoms with E-state index in [1.807, 2.05) is 0 Å². The Morgan fingerprint density at radius 2 is 1.61 bits per heavy atom. The molecule has 0 atom stereocenters.